The molecule has 2 fully saturated rings. The monoisotopic (exact) mass is 605 g/mol. The molecular formula is C24H21Br2N3O6. The lowest BCUT2D eigenvalue weighted by molar-refractivity contribution is -0.384. The smallest absolute Gasteiger partial charge is 0.273 e. The van der Waals surface area contributed by atoms with Crippen molar-refractivity contribution in [3.05, 3.63) is 75.3 Å². The highest BCUT2D eigenvalue weighted by Gasteiger charge is 2.54. The molecule has 2 aromatic carbocycles. The van der Waals surface area contributed by atoms with E-state index in [0.29, 0.717) is 18.4 Å². The topological polar surface area (TPSA) is 118 Å². The number of carbonyl (C=O) groups excluding carboxylic acids is 4. The summed E-state index contributed by atoms with van der Waals surface area (Å²) in [4.78, 5) is 63.9. The van der Waals surface area contributed by atoms with E-state index in [9.17, 15) is 29.3 Å². The van der Waals surface area contributed by atoms with Crippen LogP contribution >= 0.6 is 31.9 Å². The Labute approximate surface area is 217 Å². The number of hydrogen-bond donors (Lipinski definition) is 0. The zero-order chi connectivity index (χ0) is 25.4. The van der Waals surface area contributed by atoms with E-state index in [2.05, 4.69) is 31.9 Å². The first-order chi connectivity index (χ1) is 16.6. The van der Waals surface area contributed by atoms with Crippen LogP contribution in [-0.4, -0.2) is 54.6 Å². The van der Waals surface area contributed by atoms with Crippen LogP contribution in [0.5, 0.6) is 0 Å². The van der Waals surface area contributed by atoms with Gasteiger partial charge in [0.25, 0.3) is 23.4 Å². The number of aryl methyl sites for hydroxylation is 1. The number of rotatable bonds is 6. The Balaban J connectivity index is 1.72. The van der Waals surface area contributed by atoms with Crippen LogP contribution in [0.3, 0.4) is 0 Å². The van der Waals surface area contributed by atoms with Crippen LogP contribution in [0.4, 0.5) is 5.69 Å². The van der Waals surface area contributed by atoms with E-state index in [0.717, 1.165) is 21.6 Å². The van der Waals surface area contributed by atoms with Gasteiger partial charge in [0.2, 0.25) is 0 Å². The number of alkyl halides is 2. The van der Waals surface area contributed by atoms with Crippen molar-refractivity contribution >= 4 is 61.1 Å². The second kappa shape index (κ2) is 9.98. The van der Waals surface area contributed by atoms with Crippen molar-refractivity contribution in [3.63, 3.8) is 0 Å². The number of hydrazine groups is 1. The molecule has 1 saturated heterocycles. The summed E-state index contributed by atoms with van der Waals surface area (Å²) in [5.74, 6) is -3.69. The molecule has 1 aliphatic carbocycles. The molecule has 1 heterocycles. The van der Waals surface area contributed by atoms with E-state index < -0.39 is 46.8 Å². The fourth-order valence-corrected chi connectivity index (χ4v) is 5.65. The van der Waals surface area contributed by atoms with Gasteiger partial charge in [0.1, 0.15) is 6.54 Å². The normalized spacial score (nSPS) is 23.7. The van der Waals surface area contributed by atoms with Crippen molar-refractivity contribution in [3.8, 4) is 0 Å². The minimum atomic E-state index is -0.847. The standard InChI is InChI=1S/C24H21Br2N3O6/c1-13-5-7-14(8-6-13)21(30)12-27(22(31)15-3-2-4-16(9-15)29(34)35)28-23(32)17-10-19(25)20(26)11-18(17)24(28)33/h2-9,17-20H,10-12H2,1H3/t17-,18-,19-,20+/m1/s1. The average Bonchev–Trinajstić information content (AvgIpc) is 3.06. The van der Waals surface area contributed by atoms with E-state index in [4.69, 9.17) is 0 Å². The van der Waals surface area contributed by atoms with Crippen LogP contribution in [0.2, 0.25) is 0 Å². The molecule has 0 N–H and O–H groups in total. The zero-order valence-electron chi connectivity index (χ0n) is 18.6. The maximum Gasteiger partial charge on any atom is 0.273 e. The molecule has 0 unspecified atom stereocenters. The van der Waals surface area contributed by atoms with E-state index in [1.165, 1.54) is 18.2 Å². The van der Waals surface area contributed by atoms with Crippen molar-refractivity contribution in [1.29, 1.82) is 0 Å². The number of Topliss-reactive ketones (excluding diaryl/α,β-unsaturated/α-hetero) is 1. The second-order valence-corrected chi connectivity index (χ2v) is 11.0. The van der Waals surface area contributed by atoms with E-state index >= 15 is 0 Å². The fraction of sp³-hybridized carbons (Fsp3) is 0.333. The summed E-state index contributed by atoms with van der Waals surface area (Å²) in [6, 6.07) is 11.7. The Bertz CT molecular complexity index is 1190. The van der Waals surface area contributed by atoms with Crippen molar-refractivity contribution in [2.45, 2.75) is 29.4 Å². The summed E-state index contributed by atoms with van der Waals surface area (Å²) in [6.45, 7) is 1.29. The molecule has 11 heteroatoms. The predicted molar refractivity (Wildman–Crippen MR) is 133 cm³/mol. The van der Waals surface area contributed by atoms with Gasteiger partial charge in [-0.25, -0.2) is 5.01 Å². The molecule has 0 bridgehead atoms. The summed E-state index contributed by atoms with van der Waals surface area (Å²) < 4.78 is 0. The molecule has 1 aliphatic heterocycles. The molecule has 35 heavy (non-hydrogen) atoms. The molecule has 2 aromatic rings. The molecule has 0 aromatic heterocycles. The third kappa shape index (κ3) is 4.92. The summed E-state index contributed by atoms with van der Waals surface area (Å²) >= 11 is 7.06. The molecule has 9 nitrogen and oxygen atoms in total. The number of nitro groups is 1. The number of fused-ring (bicyclic) bond motifs is 1. The zero-order valence-corrected chi connectivity index (χ0v) is 21.8. The largest absolute Gasteiger partial charge is 0.292 e. The molecule has 0 spiro atoms. The fourth-order valence-electron chi connectivity index (χ4n) is 4.42. The number of carbonyl (C=O) groups is 4. The van der Waals surface area contributed by atoms with Crippen molar-refractivity contribution in [2.75, 3.05) is 6.54 Å². The van der Waals surface area contributed by atoms with Crippen LogP contribution in [0.1, 0.15) is 39.1 Å². The van der Waals surface area contributed by atoms with Gasteiger partial charge in [-0.15, -0.1) is 0 Å². The van der Waals surface area contributed by atoms with Crippen LogP contribution in [0.25, 0.3) is 0 Å². The van der Waals surface area contributed by atoms with Gasteiger partial charge >= 0.3 is 0 Å². The lowest BCUT2D eigenvalue weighted by Crippen LogP contribution is -2.52. The second-order valence-electron chi connectivity index (χ2n) is 8.66. The Kier molecular flexibility index (Phi) is 7.18. The van der Waals surface area contributed by atoms with E-state index in [1.807, 2.05) is 6.92 Å². The first-order valence-corrected chi connectivity index (χ1v) is 12.7. The Morgan fingerprint density at radius 1 is 1.00 bits per heavy atom. The summed E-state index contributed by atoms with van der Waals surface area (Å²) in [6.07, 6.45) is 0.790. The van der Waals surface area contributed by atoms with Gasteiger partial charge in [0.15, 0.2) is 5.78 Å². The number of nitrogens with zero attached hydrogens (tertiary/aromatic N) is 3. The van der Waals surface area contributed by atoms with Crippen LogP contribution in [0, 0.1) is 28.9 Å². The molecule has 2 aliphatic rings. The molecule has 182 valence electrons. The maximum absolute atomic E-state index is 13.5. The van der Waals surface area contributed by atoms with Crippen LogP contribution < -0.4 is 0 Å². The summed E-state index contributed by atoms with van der Waals surface area (Å²) in [5, 5.41) is 12.8. The lowest BCUT2D eigenvalue weighted by Gasteiger charge is -2.30. The number of hydrogen-bond acceptors (Lipinski definition) is 6. The summed E-state index contributed by atoms with van der Waals surface area (Å²) in [7, 11) is 0. The van der Waals surface area contributed by atoms with Crippen molar-refractivity contribution < 1.29 is 24.1 Å². The third-order valence-electron chi connectivity index (χ3n) is 6.33. The number of imide groups is 1. The Morgan fingerprint density at radius 2 is 1.57 bits per heavy atom. The number of non-ortho nitro benzene ring substituents is 1. The molecular weight excluding hydrogens is 586 g/mol. The highest BCUT2D eigenvalue weighted by atomic mass is 79.9. The minimum Gasteiger partial charge on any atom is -0.292 e. The van der Waals surface area contributed by atoms with Gasteiger partial charge < -0.3 is 0 Å². The highest BCUT2D eigenvalue weighted by Crippen LogP contribution is 2.43. The van der Waals surface area contributed by atoms with Gasteiger partial charge in [-0.1, -0.05) is 67.8 Å². The Morgan fingerprint density at radius 3 is 2.11 bits per heavy atom. The maximum atomic E-state index is 13.5. The van der Waals surface area contributed by atoms with E-state index in [-0.39, 0.29) is 20.9 Å². The SMILES string of the molecule is Cc1ccc(C(=O)CN(C(=O)c2cccc([N+](=O)[O-])c2)N2C(=O)[C@@H]3C[C@@H](Br)[C@@H](Br)C[C@H]3C2=O)cc1. The number of halogens is 2. The number of nitro benzene ring substituents is 1. The Hall–Kier alpha value is -2.92. The number of benzene rings is 2. The van der Waals surface area contributed by atoms with Crippen molar-refractivity contribution in [1.82, 2.24) is 10.0 Å². The van der Waals surface area contributed by atoms with Gasteiger partial charge in [-0.05, 0) is 25.8 Å². The quantitative estimate of drug-likeness (QED) is 0.161. The minimum absolute atomic E-state index is 0.0319. The van der Waals surface area contributed by atoms with Gasteiger partial charge in [0, 0.05) is 32.9 Å². The predicted octanol–water partition coefficient (Wildman–Crippen LogP) is 4.07. The van der Waals surface area contributed by atoms with E-state index in [1.54, 1.807) is 24.3 Å². The van der Waals surface area contributed by atoms with Gasteiger partial charge in [0.05, 0.1) is 16.8 Å². The molecule has 0 radical (unpaired) electrons. The molecule has 3 amide bonds. The first-order valence-electron chi connectivity index (χ1n) is 10.9. The first kappa shape index (κ1) is 25.2. The summed E-state index contributed by atoms with van der Waals surface area (Å²) in [5.41, 5.74) is 0.819. The molecule has 4 atom stereocenters. The van der Waals surface area contributed by atoms with Crippen LogP contribution in [-0.2, 0) is 9.59 Å². The lowest BCUT2D eigenvalue weighted by atomic mass is 9.81. The van der Waals surface area contributed by atoms with Crippen molar-refractivity contribution in [2.24, 2.45) is 11.8 Å². The molecule has 1 saturated carbocycles. The van der Waals surface area contributed by atoms with Gasteiger partial charge in [-0.3, -0.25) is 29.3 Å². The average molecular weight is 607 g/mol. The molecule has 4 rings (SSSR count). The third-order valence-corrected chi connectivity index (χ3v) is 9.07. The number of ketones is 1. The van der Waals surface area contributed by atoms with Crippen LogP contribution in [0.15, 0.2) is 48.5 Å². The number of amides is 3. The highest BCUT2D eigenvalue weighted by molar-refractivity contribution is 9.12. The van der Waals surface area contributed by atoms with Gasteiger partial charge in [-0.2, -0.15) is 5.01 Å².